The third-order valence-electron chi connectivity index (χ3n) is 2.34. The molecule has 0 aromatic heterocycles. The molecule has 4 heteroatoms. The van der Waals surface area contributed by atoms with Crippen LogP contribution in [0.4, 0.5) is 0 Å². The number of nitrogens with one attached hydrogen (secondary N) is 1. The van der Waals surface area contributed by atoms with Crippen LogP contribution >= 0.6 is 0 Å². The smallest absolute Gasteiger partial charge is 0.252 e. The minimum absolute atomic E-state index is 0.00600. The van der Waals surface area contributed by atoms with E-state index in [1.54, 1.807) is 6.92 Å². The number of hydrogen-bond acceptors (Lipinski definition) is 3. The van der Waals surface area contributed by atoms with E-state index < -0.39 is 5.60 Å². The van der Waals surface area contributed by atoms with Crippen molar-refractivity contribution in [2.45, 2.75) is 38.8 Å². The van der Waals surface area contributed by atoms with Crippen molar-refractivity contribution >= 4 is 5.91 Å². The van der Waals surface area contributed by atoms with Crippen LogP contribution in [0.1, 0.15) is 27.2 Å². The number of methoxy groups -OCH3 is 1. The lowest BCUT2D eigenvalue weighted by atomic mass is 10.0. The predicted octanol–water partition coefficient (Wildman–Crippen LogP) is 0.265. The lowest BCUT2D eigenvalue weighted by Gasteiger charge is -2.26. The molecule has 0 fully saturated rings. The quantitative estimate of drug-likeness (QED) is 0.650. The van der Waals surface area contributed by atoms with E-state index >= 15 is 0 Å². The van der Waals surface area contributed by atoms with Crippen LogP contribution in [0.25, 0.3) is 0 Å². The number of amides is 1. The van der Waals surface area contributed by atoms with E-state index in [2.05, 4.69) is 5.32 Å². The van der Waals surface area contributed by atoms with E-state index in [9.17, 15) is 4.79 Å². The second-order valence-corrected chi connectivity index (χ2v) is 3.40. The summed E-state index contributed by atoms with van der Waals surface area (Å²) >= 11 is 0. The number of carbonyl (C=O) groups excluding carboxylic acids is 1. The molecule has 4 nitrogen and oxygen atoms in total. The Balaban J connectivity index is 4.22. The highest BCUT2D eigenvalue weighted by molar-refractivity contribution is 5.84. The molecule has 2 atom stereocenters. The first-order valence-corrected chi connectivity index (χ1v) is 4.56. The topological polar surface area (TPSA) is 64.3 Å². The molecule has 0 saturated heterocycles. The molecule has 13 heavy (non-hydrogen) atoms. The molecule has 0 bridgehead atoms. The molecule has 0 aliphatic heterocycles. The van der Waals surface area contributed by atoms with Crippen molar-refractivity contribution in [2.24, 2.45) is 5.73 Å². The van der Waals surface area contributed by atoms with E-state index in [4.69, 9.17) is 10.5 Å². The molecule has 3 N–H and O–H groups in total. The first kappa shape index (κ1) is 12.4. The maximum Gasteiger partial charge on any atom is 0.252 e. The molecule has 1 unspecified atom stereocenters. The fraction of sp³-hybridized carbons (Fsp3) is 0.889. The van der Waals surface area contributed by atoms with Gasteiger partial charge >= 0.3 is 0 Å². The van der Waals surface area contributed by atoms with E-state index in [-0.39, 0.29) is 11.9 Å². The summed E-state index contributed by atoms with van der Waals surface area (Å²) in [6.07, 6.45) is 0.645. The maximum absolute atomic E-state index is 11.6. The molecule has 0 radical (unpaired) electrons. The van der Waals surface area contributed by atoms with Crippen molar-refractivity contribution in [2.75, 3.05) is 13.7 Å². The van der Waals surface area contributed by atoms with Crippen molar-refractivity contribution in [3.05, 3.63) is 0 Å². The molecule has 0 saturated carbocycles. The molecule has 1 amide bonds. The molecule has 0 heterocycles. The van der Waals surface area contributed by atoms with Crippen LogP contribution < -0.4 is 11.1 Å². The predicted molar refractivity (Wildman–Crippen MR) is 52.4 cm³/mol. The Morgan fingerprint density at radius 2 is 2.23 bits per heavy atom. The molecular weight excluding hydrogens is 168 g/mol. The van der Waals surface area contributed by atoms with Crippen LogP contribution in [0.5, 0.6) is 0 Å². The van der Waals surface area contributed by atoms with Gasteiger partial charge in [-0.25, -0.2) is 0 Å². The number of nitrogens with two attached hydrogens (primary N) is 1. The molecule has 0 aromatic rings. The summed E-state index contributed by atoms with van der Waals surface area (Å²) in [6, 6.07) is -0.00600. The molecule has 0 aromatic carbocycles. The van der Waals surface area contributed by atoms with Gasteiger partial charge in [-0.1, -0.05) is 6.92 Å². The zero-order valence-electron chi connectivity index (χ0n) is 8.89. The summed E-state index contributed by atoms with van der Waals surface area (Å²) in [7, 11) is 1.54. The van der Waals surface area contributed by atoms with Gasteiger partial charge in [0.25, 0.3) is 5.91 Å². The van der Waals surface area contributed by atoms with Gasteiger partial charge < -0.3 is 15.8 Å². The standard InChI is InChI=1S/C9H20N2O2/c1-5-9(3,13-4)8(12)11-7(2)6-10/h7H,5-6,10H2,1-4H3,(H,11,12)/t7-,9?/m1/s1. The lowest BCUT2D eigenvalue weighted by molar-refractivity contribution is -0.142. The van der Waals surface area contributed by atoms with Gasteiger partial charge in [0.2, 0.25) is 0 Å². The SMILES string of the molecule is CCC(C)(OC)C(=O)N[C@H](C)CN. The van der Waals surface area contributed by atoms with Gasteiger partial charge in [-0.05, 0) is 20.3 Å². The third kappa shape index (κ3) is 3.32. The molecular formula is C9H20N2O2. The van der Waals surface area contributed by atoms with Crippen molar-refractivity contribution in [1.29, 1.82) is 0 Å². The van der Waals surface area contributed by atoms with E-state index in [0.29, 0.717) is 13.0 Å². The Morgan fingerprint density at radius 1 is 1.69 bits per heavy atom. The van der Waals surface area contributed by atoms with Gasteiger partial charge in [-0.2, -0.15) is 0 Å². The van der Waals surface area contributed by atoms with Gasteiger partial charge in [0.05, 0.1) is 0 Å². The zero-order valence-corrected chi connectivity index (χ0v) is 8.89. The average Bonchev–Trinajstić information content (AvgIpc) is 2.16. The highest BCUT2D eigenvalue weighted by Crippen LogP contribution is 2.13. The van der Waals surface area contributed by atoms with Gasteiger partial charge in [0.15, 0.2) is 0 Å². The van der Waals surface area contributed by atoms with E-state index in [1.165, 1.54) is 7.11 Å². The maximum atomic E-state index is 11.6. The Kier molecular flexibility index (Phi) is 4.95. The largest absolute Gasteiger partial charge is 0.369 e. The van der Waals surface area contributed by atoms with Crippen molar-refractivity contribution in [1.82, 2.24) is 5.32 Å². The van der Waals surface area contributed by atoms with Crippen molar-refractivity contribution in [3.63, 3.8) is 0 Å². The van der Waals surface area contributed by atoms with Crippen LogP contribution in [0.2, 0.25) is 0 Å². The summed E-state index contributed by atoms with van der Waals surface area (Å²) in [5.41, 5.74) is 4.66. The molecule has 0 aliphatic rings. The Morgan fingerprint density at radius 3 is 2.54 bits per heavy atom. The second-order valence-electron chi connectivity index (χ2n) is 3.40. The third-order valence-corrected chi connectivity index (χ3v) is 2.34. The minimum Gasteiger partial charge on any atom is -0.369 e. The summed E-state index contributed by atoms with van der Waals surface area (Å²) in [6.45, 7) is 5.99. The number of rotatable bonds is 5. The van der Waals surface area contributed by atoms with Gasteiger partial charge in [0.1, 0.15) is 5.60 Å². The monoisotopic (exact) mass is 188 g/mol. The van der Waals surface area contributed by atoms with Crippen molar-refractivity contribution < 1.29 is 9.53 Å². The fourth-order valence-corrected chi connectivity index (χ4v) is 0.833. The van der Waals surface area contributed by atoms with E-state index in [1.807, 2.05) is 13.8 Å². The lowest BCUT2D eigenvalue weighted by Crippen LogP contribution is -2.50. The van der Waals surface area contributed by atoms with Gasteiger partial charge in [-0.15, -0.1) is 0 Å². The Hall–Kier alpha value is -0.610. The van der Waals surface area contributed by atoms with Crippen LogP contribution in [0, 0.1) is 0 Å². The summed E-state index contributed by atoms with van der Waals surface area (Å²) in [5, 5.41) is 2.78. The second kappa shape index (κ2) is 5.19. The van der Waals surface area contributed by atoms with Crippen LogP contribution in [-0.2, 0) is 9.53 Å². The van der Waals surface area contributed by atoms with Crippen molar-refractivity contribution in [3.8, 4) is 0 Å². The average molecular weight is 188 g/mol. The fourth-order valence-electron chi connectivity index (χ4n) is 0.833. The normalized spacial score (nSPS) is 17.6. The Labute approximate surface area is 79.8 Å². The van der Waals surface area contributed by atoms with Crippen LogP contribution in [-0.4, -0.2) is 31.2 Å². The number of hydrogen-bond donors (Lipinski definition) is 2. The molecule has 0 rings (SSSR count). The van der Waals surface area contributed by atoms with E-state index in [0.717, 1.165) is 0 Å². The van der Waals surface area contributed by atoms with Gasteiger partial charge in [-0.3, -0.25) is 4.79 Å². The Bertz CT molecular complexity index is 167. The molecule has 0 spiro atoms. The number of ether oxygens (including phenoxy) is 1. The highest BCUT2D eigenvalue weighted by Gasteiger charge is 2.31. The first-order valence-electron chi connectivity index (χ1n) is 4.56. The first-order chi connectivity index (χ1) is 6.00. The number of carbonyl (C=O) groups is 1. The van der Waals surface area contributed by atoms with Gasteiger partial charge in [0, 0.05) is 19.7 Å². The highest BCUT2D eigenvalue weighted by atomic mass is 16.5. The van der Waals surface area contributed by atoms with Crippen LogP contribution in [0.15, 0.2) is 0 Å². The van der Waals surface area contributed by atoms with Crippen LogP contribution in [0.3, 0.4) is 0 Å². The summed E-state index contributed by atoms with van der Waals surface area (Å²) in [5.74, 6) is -0.101. The molecule has 78 valence electrons. The summed E-state index contributed by atoms with van der Waals surface area (Å²) < 4.78 is 5.14. The zero-order chi connectivity index (χ0) is 10.5. The minimum atomic E-state index is -0.733. The molecule has 0 aliphatic carbocycles. The summed E-state index contributed by atoms with van der Waals surface area (Å²) in [4.78, 5) is 11.6.